The largest absolute Gasteiger partial charge is 0.573 e. The second kappa shape index (κ2) is 8.37. The Morgan fingerprint density at radius 1 is 1.17 bits per heavy atom. The number of rotatable bonds is 7. The van der Waals surface area contributed by atoms with Gasteiger partial charge in [0, 0.05) is 12.6 Å². The number of ether oxygens (including phenoxy) is 2. The van der Waals surface area contributed by atoms with Crippen LogP contribution in [0, 0.1) is 5.41 Å². The Morgan fingerprint density at radius 3 is 2.21 bits per heavy atom. The predicted molar refractivity (Wildman–Crippen MR) is 84.5 cm³/mol. The van der Waals surface area contributed by atoms with E-state index in [2.05, 4.69) is 10.1 Å². The molecule has 0 aliphatic rings. The molecular weight excluding hydrogens is 323 g/mol. The molecule has 1 aromatic rings. The predicted octanol–water partition coefficient (Wildman–Crippen LogP) is 4.04. The second-order valence-corrected chi connectivity index (χ2v) is 6.50. The average molecular weight is 347 g/mol. The van der Waals surface area contributed by atoms with Crippen LogP contribution in [0.1, 0.15) is 39.7 Å². The number of benzene rings is 1. The van der Waals surface area contributed by atoms with Crippen LogP contribution in [0.25, 0.3) is 0 Å². The lowest BCUT2D eigenvalue weighted by atomic mass is 9.84. The molecule has 0 saturated heterocycles. The van der Waals surface area contributed by atoms with Gasteiger partial charge in [0.2, 0.25) is 0 Å². The van der Waals surface area contributed by atoms with E-state index in [9.17, 15) is 18.0 Å². The summed E-state index contributed by atoms with van der Waals surface area (Å²) in [5.74, 6) is -0.538. The van der Waals surface area contributed by atoms with Gasteiger partial charge in [0.05, 0.1) is 13.0 Å². The van der Waals surface area contributed by atoms with Crippen molar-refractivity contribution in [3.63, 3.8) is 0 Å². The number of hydrogen-bond donors (Lipinski definition) is 1. The molecule has 1 aromatic carbocycles. The summed E-state index contributed by atoms with van der Waals surface area (Å²) in [5.41, 5.74) is 0.620. The number of carbonyl (C=O) groups excluding carboxylic acids is 1. The summed E-state index contributed by atoms with van der Waals surface area (Å²) in [6.45, 7) is 8.52. The third-order valence-electron chi connectivity index (χ3n) is 3.43. The second-order valence-electron chi connectivity index (χ2n) is 6.50. The van der Waals surface area contributed by atoms with E-state index in [1.54, 1.807) is 19.1 Å². The lowest BCUT2D eigenvalue weighted by Crippen LogP contribution is -2.41. The molecule has 0 fully saturated rings. The lowest BCUT2D eigenvalue weighted by molar-refractivity contribution is -0.274. The van der Waals surface area contributed by atoms with Crippen LogP contribution < -0.4 is 10.1 Å². The summed E-state index contributed by atoms with van der Waals surface area (Å²) in [6, 6.07) is 5.52. The molecular formula is C17H24F3NO3. The lowest BCUT2D eigenvalue weighted by Gasteiger charge is -2.31. The summed E-state index contributed by atoms with van der Waals surface area (Å²) in [4.78, 5) is 11.7. The minimum atomic E-state index is -4.70. The fourth-order valence-corrected chi connectivity index (χ4v) is 2.12. The number of hydrogen-bond acceptors (Lipinski definition) is 4. The SMILES string of the molecule is CCOC(=O)CC(NCc1ccc(OC(F)(F)F)cc1)C(C)(C)C. The first-order valence-corrected chi connectivity index (χ1v) is 7.75. The Hall–Kier alpha value is -1.76. The smallest absolute Gasteiger partial charge is 0.466 e. The van der Waals surface area contributed by atoms with Gasteiger partial charge >= 0.3 is 12.3 Å². The van der Waals surface area contributed by atoms with Gasteiger partial charge in [0.1, 0.15) is 5.75 Å². The van der Waals surface area contributed by atoms with Gasteiger partial charge in [-0.05, 0) is 30.0 Å². The molecule has 0 bridgehead atoms. The molecule has 1 atom stereocenters. The van der Waals surface area contributed by atoms with Crippen molar-refractivity contribution >= 4 is 5.97 Å². The van der Waals surface area contributed by atoms with Gasteiger partial charge in [-0.15, -0.1) is 13.2 Å². The number of carbonyl (C=O) groups is 1. The topological polar surface area (TPSA) is 47.6 Å². The van der Waals surface area contributed by atoms with Gasteiger partial charge in [-0.2, -0.15) is 0 Å². The molecule has 1 unspecified atom stereocenters. The molecule has 4 nitrogen and oxygen atoms in total. The van der Waals surface area contributed by atoms with Crippen LogP contribution in [0.2, 0.25) is 0 Å². The molecule has 136 valence electrons. The van der Waals surface area contributed by atoms with Crippen molar-refractivity contribution in [2.45, 2.75) is 53.1 Å². The van der Waals surface area contributed by atoms with E-state index in [1.807, 2.05) is 20.8 Å². The molecule has 0 heterocycles. The van der Waals surface area contributed by atoms with Crippen molar-refractivity contribution in [3.05, 3.63) is 29.8 Å². The maximum Gasteiger partial charge on any atom is 0.573 e. The maximum atomic E-state index is 12.1. The summed E-state index contributed by atoms with van der Waals surface area (Å²) in [5, 5.41) is 3.27. The monoisotopic (exact) mass is 347 g/mol. The average Bonchev–Trinajstić information content (AvgIpc) is 2.42. The van der Waals surface area contributed by atoms with E-state index < -0.39 is 6.36 Å². The van der Waals surface area contributed by atoms with E-state index in [4.69, 9.17) is 4.74 Å². The van der Waals surface area contributed by atoms with E-state index in [0.717, 1.165) is 5.56 Å². The quantitative estimate of drug-likeness (QED) is 0.756. The Bertz CT molecular complexity index is 521. The highest BCUT2D eigenvalue weighted by molar-refractivity contribution is 5.70. The Labute approximate surface area is 140 Å². The van der Waals surface area contributed by atoms with Gasteiger partial charge in [0.15, 0.2) is 0 Å². The molecule has 0 spiro atoms. The van der Waals surface area contributed by atoms with Crippen molar-refractivity contribution in [1.29, 1.82) is 0 Å². The van der Waals surface area contributed by atoms with Gasteiger partial charge in [-0.25, -0.2) is 0 Å². The van der Waals surface area contributed by atoms with Crippen molar-refractivity contribution in [1.82, 2.24) is 5.32 Å². The van der Waals surface area contributed by atoms with Crippen LogP contribution in [-0.4, -0.2) is 25.0 Å². The van der Waals surface area contributed by atoms with Crippen LogP contribution >= 0.6 is 0 Å². The fraction of sp³-hybridized carbons (Fsp3) is 0.588. The zero-order chi connectivity index (χ0) is 18.4. The highest BCUT2D eigenvalue weighted by Gasteiger charge is 2.31. The molecule has 24 heavy (non-hydrogen) atoms. The molecule has 0 amide bonds. The Balaban J connectivity index is 2.64. The van der Waals surface area contributed by atoms with Crippen molar-refractivity contribution in [2.24, 2.45) is 5.41 Å². The molecule has 1 N–H and O–H groups in total. The minimum absolute atomic E-state index is 0.123. The fourth-order valence-electron chi connectivity index (χ4n) is 2.12. The summed E-state index contributed by atoms with van der Waals surface area (Å²) in [6.07, 6.45) is -4.47. The normalized spacial score (nSPS) is 13.5. The molecule has 0 radical (unpaired) electrons. The summed E-state index contributed by atoms with van der Waals surface area (Å²) in [7, 11) is 0. The van der Waals surface area contributed by atoms with Crippen LogP contribution in [0.3, 0.4) is 0 Å². The van der Waals surface area contributed by atoms with Crippen molar-refractivity contribution in [3.8, 4) is 5.75 Å². The number of halogens is 3. The molecule has 0 saturated carbocycles. The molecule has 0 aromatic heterocycles. The van der Waals surface area contributed by atoms with Crippen LogP contribution in [-0.2, 0) is 16.1 Å². The molecule has 1 rings (SSSR count). The van der Waals surface area contributed by atoms with E-state index in [-0.39, 0.29) is 29.6 Å². The van der Waals surface area contributed by atoms with Crippen LogP contribution in [0.5, 0.6) is 5.75 Å². The zero-order valence-corrected chi connectivity index (χ0v) is 14.4. The maximum absolute atomic E-state index is 12.1. The van der Waals surface area contributed by atoms with Crippen molar-refractivity contribution < 1.29 is 27.4 Å². The van der Waals surface area contributed by atoms with E-state index >= 15 is 0 Å². The van der Waals surface area contributed by atoms with Crippen molar-refractivity contribution in [2.75, 3.05) is 6.61 Å². The number of alkyl halides is 3. The van der Waals surface area contributed by atoms with Crippen LogP contribution in [0.4, 0.5) is 13.2 Å². The standard InChI is InChI=1S/C17H24F3NO3/c1-5-23-15(22)10-14(16(2,3)4)21-11-12-6-8-13(9-7-12)24-17(18,19)20/h6-9,14,21H,5,10-11H2,1-4H3. The summed E-state index contributed by atoms with van der Waals surface area (Å²) < 4.78 is 45.2. The number of nitrogens with one attached hydrogen (secondary N) is 1. The highest BCUT2D eigenvalue weighted by Crippen LogP contribution is 2.24. The first-order chi connectivity index (χ1) is 11.0. The van der Waals surface area contributed by atoms with E-state index in [1.165, 1.54) is 12.1 Å². The molecule has 0 aliphatic heterocycles. The van der Waals surface area contributed by atoms with Gasteiger partial charge in [-0.1, -0.05) is 32.9 Å². The number of esters is 1. The van der Waals surface area contributed by atoms with Gasteiger partial charge in [-0.3, -0.25) is 4.79 Å². The first-order valence-electron chi connectivity index (χ1n) is 7.75. The van der Waals surface area contributed by atoms with Gasteiger partial charge in [0.25, 0.3) is 0 Å². The van der Waals surface area contributed by atoms with Gasteiger partial charge < -0.3 is 14.8 Å². The Morgan fingerprint density at radius 2 is 1.75 bits per heavy atom. The molecule has 7 heteroatoms. The summed E-state index contributed by atoms with van der Waals surface area (Å²) >= 11 is 0. The minimum Gasteiger partial charge on any atom is -0.466 e. The highest BCUT2D eigenvalue weighted by atomic mass is 19.4. The first kappa shape index (κ1) is 20.3. The van der Waals surface area contributed by atoms with Crippen LogP contribution in [0.15, 0.2) is 24.3 Å². The third-order valence-corrected chi connectivity index (χ3v) is 3.43. The zero-order valence-electron chi connectivity index (χ0n) is 14.4. The van der Waals surface area contributed by atoms with E-state index in [0.29, 0.717) is 13.2 Å². The third kappa shape index (κ3) is 7.68. The Kier molecular flexibility index (Phi) is 7.08. The molecule has 0 aliphatic carbocycles.